The number of aryl methyl sites for hydroxylation is 1. The van der Waals surface area contributed by atoms with Gasteiger partial charge < -0.3 is 4.74 Å². The van der Waals surface area contributed by atoms with E-state index in [4.69, 9.17) is 4.74 Å². The van der Waals surface area contributed by atoms with Crippen molar-refractivity contribution in [2.75, 3.05) is 11.9 Å². The number of nitrogens with zero attached hydrogens (tertiary/aromatic N) is 4. The standard InChI is InChI=1S/C21H25N5O3/c1-4-25-13-18(12-22-25)26-9-8-20(27)19(24-26)11-16-6-5-7-17(10-16)23-21(28)29-14-15(2)3/h5-10,12-13,15H,4,11,14H2,1-3H3,(H,23,28). The number of benzene rings is 1. The van der Waals surface area contributed by atoms with Crippen LogP contribution in [0, 0.1) is 5.92 Å². The summed E-state index contributed by atoms with van der Waals surface area (Å²) in [5, 5.41) is 11.4. The summed E-state index contributed by atoms with van der Waals surface area (Å²) in [6, 6.07) is 8.79. The second-order valence-electron chi connectivity index (χ2n) is 7.12. The van der Waals surface area contributed by atoms with Gasteiger partial charge in [0.25, 0.3) is 0 Å². The summed E-state index contributed by atoms with van der Waals surface area (Å²) in [5.74, 6) is 0.267. The van der Waals surface area contributed by atoms with Gasteiger partial charge in [-0.3, -0.25) is 14.8 Å². The average Bonchev–Trinajstić information content (AvgIpc) is 3.18. The highest BCUT2D eigenvalue weighted by Gasteiger charge is 2.09. The second-order valence-corrected chi connectivity index (χ2v) is 7.12. The van der Waals surface area contributed by atoms with Gasteiger partial charge in [-0.25, -0.2) is 9.48 Å². The molecule has 0 spiro atoms. The fraction of sp³-hybridized carbons (Fsp3) is 0.333. The fourth-order valence-corrected chi connectivity index (χ4v) is 2.71. The van der Waals surface area contributed by atoms with Crippen LogP contribution in [-0.2, 0) is 17.7 Å². The van der Waals surface area contributed by atoms with Gasteiger partial charge in [-0.2, -0.15) is 10.2 Å². The summed E-state index contributed by atoms with van der Waals surface area (Å²) in [4.78, 5) is 24.2. The van der Waals surface area contributed by atoms with E-state index in [2.05, 4.69) is 15.5 Å². The molecule has 3 aromatic rings. The van der Waals surface area contributed by atoms with Crippen LogP contribution in [-0.4, -0.2) is 32.3 Å². The minimum absolute atomic E-state index is 0.140. The molecule has 0 fully saturated rings. The Morgan fingerprint density at radius 3 is 2.83 bits per heavy atom. The van der Waals surface area contributed by atoms with Crippen molar-refractivity contribution < 1.29 is 9.53 Å². The molecule has 1 N–H and O–H groups in total. The van der Waals surface area contributed by atoms with Gasteiger partial charge in [-0.1, -0.05) is 26.0 Å². The van der Waals surface area contributed by atoms with Crippen molar-refractivity contribution in [2.45, 2.75) is 33.7 Å². The molecule has 1 amide bonds. The predicted octanol–water partition coefficient (Wildman–Crippen LogP) is 3.24. The molecule has 1 aromatic carbocycles. The van der Waals surface area contributed by atoms with Gasteiger partial charge in [-0.15, -0.1) is 0 Å². The van der Waals surface area contributed by atoms with Crippen LogP contribution in [0.15, 0.2) is 53.7 Å². The topological polar surface area (TPSA) is 91.0 Å². The van der Waals surface area contributed by atoms with Crippen LogP contribution in [0.25, 0.3) is 5.69 Å². The lowest BCUT2D eigenvalue weighted by Gasteiger charge is -2.10. The Balaban J connectivity index is 1.75. The van der Waals surface area contributed by atoms with Crippen molar-refractivity contribution in [3.8, 4) is 5.69 Å². The van der Waals surface area contributed by atoms with E-state index in [9.17, 15) is 9.59 Å². The van der Waals surface area contributed by atoms with E-state index in [0.29, 0.717) is 24.4 Å². The summed E-state index contributed by atoms with van der Waals surface area (Å²) in [6.45, 7) is 7.06. The number of nitrogens with one attached hydrogen (secondary N) is 1. The van der Waals surface area contributed by atoms with Crippen molar-refractivity contribution in [3.05, 3.63) is 70.4 Å². The number of rotatable bonds is 7. The molecule has 0 aliphatic carbocycles. The molecule has 0 unspecified atom stereocenters. The highest BCUT2D eigenvalue weighted by Crippen LogP contribution is 2.14. The van der Waals surface area contributed by atoms with Crippen molar-refractivity contribution in [3.63, 3.8) is 0 Å². The molecule has 0 atom stereocenters. The number of amides is 1. The molecule has 0 saturated carbocycles. The number of aromatic nitrogens is 4. The van der Waals surface area contributed by atoms with E-state index in [0.717, 1.165) is 17.8 Å². The molecule has 8 heteroatoms. The maximum Gasteiger partial charge on any atom is 0.411 e. The van der Waals surface area contributed by atoms with Crippen LogP contribution in [0.1, 0.15) is 32.0 Å². The SMILES string of the molecule is CCn1cc(-n2ccc(=O)c(Cc3cccc(NC(=O)OCC(C)C)c3)n2)cn1. The highest BCUT2D eigenvalue weighted by molar-refractivity contribution is 5.84. The molecule has 0 bridgehead atoms. The monoisotopic (exact) mass is 395 g/mol. The summed E-state index contributed by atoms with van der Waals surface area (Å²) in [6.07, 6.45) is 5.06. The Morgan fingerprint density at radius 2 is 2.10 bits per heavy atom. The van der Waals surface area contributed by atoms with Crippen LogP contribution in [0.4, 0.5) is 10.5 Å². The summed E-state index contributed by atoms with van der Waals surface area (Å²) >= 11 is 0. The third-order valence-electron chi connectivity index (χ3n) is 4.18. The van der Waals surface area contributed by atoms with Crippen molar-refractivity contribution >= 4 is 11.8 Å². The highest BCUT2D eigenvalue weighted by atomic mass is 16.5. The first kappa shape index (κ1) is 20.3. The Kier molecular flexibility index (Phi) is 6.43. The van der Waals surface area contributed by atoms with Gasteiger partial charge in [0.15, 0.2) is 0 Å². The predicted molar refractivity (Wildman–Crippen MR) is 110 cm³/mol. The molecular weight excluding hydrogens is 370 g/mol. The van der Waals surface area contributed by atoms with E-state index in [1.54, 1.807) is 27.8 Å². The number of hydrogen-bond donors (Lipinski definition) is 1. The maximum atomic E-state index is 12.3. The summed E-state index contributed by atoms with van der Waals surface area (Å²) in [7, 11) is 0. The number of ether oxygens (including phenoxy) is 1. The number of hydrogen-bond acceptors (Lipinski definition) is 5. The maximum absolute atomic E-state index is 12.3. The minimum atomic E-state index is -0.496. The molecule has 2 aromatic heterocycles. The van der Waals surface area contributed by atoms with Crippen LogP contribution in [0.3, 0.4) is 0 Å². The van der Waals surface area contributed by atoms with E-state index in [1.807, 2.05) is 45.2 Å². The first-order chi connectivity index (χ1) is 13.9. The van der Waals surface area contributed by atoms with Gasteiger partial charge in [0.1, 0.15) is 11.4 Å². The average molecular weight is 395 g/mol. The third-order valence-corrected chi connectivity index (χ3v) is 4.18. The third kappa shape index (κ3) is 5.54. The van der Waals surface area contributed by atoms with Crippen molar-refractivity contribution in [2.24, 2.45) is 5.92 Å². The van der Waals surface area contributed by atoms with E-state index >= 15 is 0 Å². The van der Waals surface area contributed by atoms with Crippen LogP contribution in [0.2, 0.25) is 0 Å². The van der Waals surface area contributed by atoms with Gasteiger partial charge in [0.2, 0.25) is 5.43 Å². The molecule has 29 heavy (non-hydrogen) atoms. The van der Waals surface area contributed by atoms with Crippen LogP contribution < -0.4 is 10.7 Å². The van der Waals surface area contributed by atoms with Crippen molar-refractivity contribution in [1.29, 1.82) is 0 Å². The van der Waals surface area contributed by atoms with E-state index in [-0.39, 0.29) is 11.3 Å². The van der Waals surface area contributed by atoms with Crippen LogP contribution >= 0.6 is 0 Å². The molecule has 2 heterocycles. The Bertz CT molecular complexity index is 1040. The van der Waals surface area contributed by atoms with Crippen molar-refractivity contribution in [1.82, 2.24) is 19.6 Å². The van der Waals surface area contributed by atoms with E-state index < -0.39 is 6.09 Å². The molecule has 8 nitrogen and oxygen atoms in total. The first-order valence-corrected chi connectivity index (χ1v) is 9.59. The molecule has 0 saturated heterocycles. The molecular formula is C21H25N5O3. The molecule has 0 aliphatic heterocycles. The first-order valence-electron chi connectivity index (χ1n) is 9.59. The molecule has 0 aliphatic rings. The zero-order valence-electron chi connectivity index (χ0n) is 16.8. The lowest BCUT2D eigenvalue weighted by Crippen LogP contribution is -2.17. The Labute approximate surface area is 169 Å². The largest absolute Gasteiger partial charge is 0.449 e. The number of carbonyl (C=O) groups excluding carboxylic acids is 1. The summed E-state index contributed by atoms with van der Waals surface area (Å²) in [5.41, 5.74) is 2.53. The number of anilines is 1. The van der Waals surface area contributed by atoms with E-state index in [1.165, 1.54) is 6.07 Å². The Morgan fingerprint density at radius 1 is 1.28 bits per heavy atom. The summed E-state index contributed by atoms with van der Waals surface area (Å²) < 4.78 is 8.57. The molecule has 152 valence electrons. The normalized spacial score (nSPS) is 10.9. The lowest BCUT2D eigenvalue weighted by atomic mass is 10.1. The molecule has 3 rings (SSSR count). The quantitative estimate of drug-likeness (QED) is 0.663. The zero-order chi connectivity index (χ0) is 20.8. The fourth-order valence-electron chi connectivity index (χ4n) is 2.71. The zero-order valence-corrected chi connectivity index (χ0v) is 16.8. The molecule has 0 radical (unpaired) electrons. The number of carbonyl (C=O) groups is 1. The van der Waals surface area contributed by atoms with Gasteiger partial charge in [-0.05, 0) is 30.5 Å². The van der Waals surface area contributed by atoms with Gasteiger partial charge >= 0.3 is 6.09 Å². The smallest absolute Gasteiger partial charge is 0.411 e. The van der Waals surface area contributed by atoms with Crippen LogP contribution in [0.5, 0.6) is 0 Å². The van der Waals surface area contributed by atoms with Gasteiger partial charge in [0.05, 0.1) is 19.0 Å². The second kappa shape index (κ2) is 9.18. The van der Waals surface area contributed by atoms with Gasteiger partial charge in [0, 0.05) is 30.9 Å². The minimum Gasteiger partial charge on any atom is -0.449 e. The Hall–Kier alpha value is -3.42. The lowest BCUT2D eigenvalue weighted by molar-refractivity contribution is 0.147.